The Morgan fingerprint density at radius 2 is 1.81 bits per heavy atom. The summed E-state index contributed by atoms with van der Waals surface area (Å²) in [7, 11) is 1.56. The minimum Gasteiger partial charge on any atom is -0.493 e. The van der Waals surface area contributed by atoms with Crippen molar-refractivity contribution >= 4 is 72.2 Å². The van der Waals surface area contributed by atoms with E-state index in [1.165, 1.54) is 4.68 Å². The molecule has 3 aromatic carbocycles. The number of benzene rings is 3. The fourth-order valence-corrected chi connectivity index (χ4v) is 4.83. The molecule has 0 aliphatic rings. The Morgan fingerprint density at radius 3 is 2.49 bits per heavy atom. The van der Waals surface area contributed by atoms with Crippen LogP contribution in [0.2, 0.25) is 10.0 Å². The Kier molecular flexibility index (Phi) is 8.33. The highest BCUT2D eigenvalue weighted by Gasteiger charge is 2.23. The zero-order valence-corrected chi connectivity index (χ0v) is 25.2. The van der Waals surface area contributed by atoms with Gasteiger partial charge in [-0.2, -0.15) is 9.78 Å². The van der Waals surface area contributed by atoms with Crippen molar-refractivity contribution in [3.05, 3.63) is 94.8 Å². The zero-order chi connectivity index (χ0) is 26.9. The molecule has 4 rings (SSSR count). The summed E-state index contributed by atoms with van der Waals surface area (Å²) in [4.78, 5) is 18.2. The van der Waals surface area contributed by atoms with Crippen molar-refractivity contribution in [2.75, 3.05) is 7.11 Å². The smallest absolute Gasteiger partial charge is 0.282 e. The van der Waals surface area contributed by atoms with Gasteiger partial charge in [0.2, 0.25) is 0 Å². The van der Waals surface area contributed by atoms with E-state index in [-0.39, 0.29) is 12.2 Å². The predicted molar refractivity (Wildman–Crippen MR) is 157 cm³/mol. The van der Waals surface area contributed by atoms with Gasteiger partial charge in [-0.3, -0.25) is 4.79 Å². The van der Waals surface area contributed by atoms with Crippen LogP contribution in [0.3, 0.4) is 0 Å². The van der Waals surface area contributed by atoms with Crippen molar-refractivity contribution in [3.8, 4) is 11.5 Å². The number of rotatable bonds is 6. The van der Waals surface area contributed by atoms with Crippen LogP contribution in [0.1, 0.15) is 37.7 Å². The number of hydrogen-bond acceptors (Lipinski definition) is 5. The molecule has 0 saturated heterocycles. The van der Waals surface area contributed by atoms with Gasteiger partial charge in [0, 0.05) is 35.5 Å². The molecule has 6 nitrogen and oxygen atoms in total. The molecular weight excluding hydrogens is 645 g/mol. The molecule has 0 spiro atoms. The summed E-state index contributed by atoms with van der Waals surface area (Å²) in [6, 6.07) is 14.2. The van der Waals surface area contributed by atoms with Crippen LogP contribution in [0.4, 0.5) is 0 Å². The molecule has 0 fully saturated rings. The first-order valence-electron chi connectivity index (χ1n) is 11.2. The molecule has 0 unspecified atom stereocenters. The van der Waals surface area contributed by atoms with E-state index in [1.807, 2.05) is 39.0 Å². The molecule has 0 saturated carbocycles. The molecule has 37 heavy (non-hydrogen) atoms. The summed E-state index contributed by atoms with van der Waals surface area (Å²) < 4.78 is 14.4. The lowest BCUT2D eigenvalue weighted by molar-refractivity contribution is 0.284. The molecule has 0 N–H and O–H groups in total. The van der Waals surface area contributed by atoms with Crippen LogP contribution in [-0.2, 0) is 12.0 Å². The Morgan fingerprint density at radius 1 is 1.05 bits per heavy atom. The average Bonchev–Trinajstić information content (AvgIpc) is 2.83. The van der Waals surface area contributed by atoms with E-state index in [1.54, 1.807) is 43.7 Å². The maximum absolute atomic E-state index is 13.4. The van der Waals surface area contributed by atoms with Gasteiger partial charge in [0.1, 0.15) is 12.4 Å². The molecule has 0 bridgehead atoms. The molecule has 1 aromatic heterocycles. The zero-order valence-electron chi connectivity index (χ0n) is 20.5. The number of aromatic nitrogens is 2. The Labute approximate surface area is 241 Å². The van der Waals surface area contributed by atoms with Crippen LogP contribution in [0.25, 0.3) is 10.9 Å². The average molecular weight is 668 g/mol. The minimum absolute atomic E-state index is 0.231. The molecule has 0 atom stereocenters. The Hall–Kier alpha value is -2.39. The first-order chi connectivity index (χ1) is 17.5. The van der Waals surface area contributed by atoms with Crippen molar-refractivity contribution in [2.24, 2.45) is 5.10 Å². The fraction of sp³-hybridized carbons (Fsp3) is 0.222. The summed E-state index contributed by atoms with van der Waals surface area (Å²) >= 11 is 19.3. The van der Waals surface area contributed by atoms with Gasteiger partial charge in [-0.25, -0.2) is 4.98 Å². The molecule has 1 heterocycles. The molecule has 192 valence electrons. The third kappa shape index (κ3) is 6.20. The van der Waals surface area contributed by atoms with E-state index in [0.29, 0.717) is 48.3 Å². The van der Waals surface area contributed by atoms with Gasteiger partial charge < -0.3 is 9.47 Å². The van der Waals surface area contributed by atoms with Crippen LogP contribution in [0.5, 0.6) is 11.5 Å². The molecule has 0 amide bonds. The lowest BCUT2D eigenvalue weighted by atomic mass is 9.95. The Balaban J connectivity index is 1.71. The number of nitrogens with zero attached hydrogens (tertiary/aromatic N) is 3. The fourth-order valence-electron chi connectivity index (χ4n) is 3.58. The second kappa shape index (κ2) is 11.2. The first kappa shape index (κ1) is 27.6. The van der Waals surface area contributed by atoms with Crippen molar-refractivity contribution in [3.63, 3.8) is 0 Å². The lowest BCUT2D eigenvalue weighted by Crippen LogP contribution is -2.29. The third-order valence-electron chi connectivity index (χ3n) is 5.47. The van der Waals surface area contributed by atoms with Gasteiger partial charge in [-0.15, -0.1) is 0 Å². The summed E-state index contributed by atoms with van der Waals surface area (Å²) in [5, 5.41) is 6.09. The number of halogens is 4. The summed E-state index contributed by atoms with van der Waals surface area (Å²) in [6.07, 6.45) is 1.59. The Bertz CT molecular complexity index is 1580. The highest BCUT2D eigenvalue weighted by molar-refractivity contribution is 9.10. The molecule has 4 aromatic rings. The summed E-state index contributed by atoms with van der Waals surface area (Å²) in [5.41, 5.74) is 1.42. The number of hydrogen-bond donors (Lipinski definition) is 0. The van der Waals surface area contributed by atoms with Gasteiger partial charge in [0.05, 0.1) is 24.2 Å². The molecule has 10 heteroatoms. The normalized spacial score (nSPS) is 11.9. The largest absolute Gasteiger partial charge is 0.493 e. The highest BCUT2D eigenvalue weighted by Crippen LogP contribution is 2.34. The second-order valence-corrected chi connectivity index (χ2v) is 11.9. The quantitative estimate of drug-likeness (QED) is 0.196. The SMILES string of the molecule is COc1cc(C=Nn2c(C(C)(C)C)nc3ccc(Br)cc3c2=O)c(Br)cc1OCc1ccc(Cl)cc1Cl. The van der Waals surface area contributed by atoms with E-state index in [0.717, 1.165) is 10.0 Å². The predicted octanol–water partition coefficient (Wildman–Crippen LogP) is 8.00. The van der Waals surface area contributed by atoms with Crippen LogP contribution in [0.15, 0.2) is 67.4 Å². The molecule has 0 aliphatic carbocycles. The molecule has 0 aliphatic heterocycles. The van der Waals surface area contributed by atoms with Crippen molar-refractivity contribution in [2.45, 2.75) is 32.8 Å². The van der Waals surface area contributed by atoms with E-state index < -0.39 is 5.41 Å². The molecular formula is C27H23Br2Cl2N3O3. The number of fused-ring (bicyclic) bond motifs is 1. The maximum atomic E-state index is 13.4. The first-order valence-corrected chi connectivity index (χ1v) is 13.5. The van der Waals surface area contributed by atoms with Crippen LogP contribution in [0, 0.1) is 0 Å². The highest BCUT2D eigenvalue weighted by atomic mass is 79.9. The van der Waals surface area contributed by atoms with Crippen molar-refractivity contribution in [1.82, 2.24) is 9.66 Å². The van der Waals surface area contributed by atoms with E-state index in [9.17, 15) is 4.79 Å². The summed E-state index contributed by atoms with van der Waals surface area (Å²) in [5.74, 6) is 1.56. The van der Waals surface area contributed by atoms with Gasteiger partial charge in [0.15, 0.2) is 11.5 Å². The van der Waals surface area contributed by atoms with E-state index in [4.69, 9.17) is 37.7 Å². The summed E-state index contributed by atoms with van der Waals surface area (Å²) in [6.45, 7) is 6.20. The van der Waals surface area contributed by atoms with Gasteiger partial charge in [-0.05, 0) is 58.4 Å². The second-order valence-electron chi connectivity index (χ2n) is 9.26. The van der Waals surface area contributed by atoms with Crippen molar-refractivity contribution in [1.29, 1.82) is 0 Å². The number of methoxy groups -OCH3 is 1. The third-order valence-corrected chi connectivity index (χ3v) is 7.24. The standard InChI is InChI=1S/C27H23Br2Cl2N3O3/c1-27(2,3)26-33-22-8-6-17(28)10-19(22)25(35)34(26)32-13-16-9-23(36-4)24(12-20(16)29)37-14-15-5-7-18(30)11-21(15)31/h5-13H,14H2,1-4H3. The van der Waals surface area contributed by atoms with E-state index >= 15 is 0 Å². The van der Waals surface area contributed by atoms with Crippen LogP contribution in [-0.4, -0.2) is 23.0 Å². The van der Waals surface area contributed by atoms with E-state index in [2.05, 4.69) is 37.0 Å². The monoisotopic (exact) mass is 665 g/mol. The number of ether oxygens (including phenoxy) is 2. The van der Waals surface area contributed by atoms with Gasteiger partial charge in [-0.1, -0.05) is 66.0 Å². The van der Waals surface area contributed by atoms with Gasteiger partial charge >= 0.3 is 0 Å². The van der Waals surface area contributed by atoms with Crippen LogP contribution >= 0.6 is 55.1 Å². The van der Waals surface area contributed by atoms with Gasteiger partial charge in [0.25, 0.3) is 5.56 Å². The topological polar surface area (TPSA) is 65.7 Å². The van der Waals surface area contributed by atoms with Crippen molar-refractivity contribution < 1.29 is 9.47 Å². The lowest BCUT2D eigenvalue weighted by Gasteiger charge is -2.21. The maximum Gasteiger partial charge on any atom is 0.282 e. The molecule has 0 radical (unpaired) electrons. The van der Waals surface area contributed by atoms with Crippen LogP contribution < -0.4 is 15.0 Å². The minimum atomic E-state index is -0.423.